The fraction of sp³-hybridized carbons (Fsp3) is 0.842. The van der Waals surface area contributed by atoms with Crippen molar-refractivity contribution in [1.29, 1.82) is 0 Å². The molecule has 124 valence electrons. The molecule has 0 radical (unpaired) electrons. The molecule has 3 heteroatoms. The molecule has 2 atom stereocenters. The Bertz CT molecular complexity index is 402. The lowest BCUT2D eigenvalue weighted by Crippen LogP contribution is -2.50. The first kappa shape index (κ1) is 16.0. The van der Waals surface area contributed by atoms with Gasteiger partial charge in [-0.2, -0.15) is 0 Å². The van der Waals surface area contributed by atoms with Crippen molar-refractivity contribution in [3.8, 4) is 0 Å². The number of carbonyl (C=O) groups excluding carboxylic acids is 1. The van der Waals surface area contributed by atoms with Gasteiger partial charge in [0.05, 0.1) is 6.54 Å². The minimum Gasteiger partial charge on any atom is -0.355 e. The van der Waals surface area contributed by atoms with Gasteiger partial charge in [0, 0.05) is 12.6 Å². The zero-order valence-electron chi connectivity index (χ0n) is 14.0. The summed E-state index contributed by atoms with van der Waals surface area (Å²) in [5.74, 6) is 1.10. The largest absolute Gasteiger partial charge is 0.355 e. The Kier molecular flexibility index (Phi) is 5.94. The van der Waals surface area contributed by atoms with Crippen LogP contribution in [0.5, 0.6) is 0 Å². The minimum absolute atomic E-state index is 0.239. The van der Waals surface area contributed by atoms with Crippen LogP contribution in [0.3, 0.4) is 0 Å². The lowest BCUT2D eigenvalue weighted by atomic mass is 9.78. The van der Waals surface area contributed by atoms with Gasteiger partial charge in [0.2, 0.25) is 5.91 Å². The molecule has 3 rings (SSSR count). The molecule has 3 aliphatic rings. The number of amides is 1. The van der Waals surface area contributed by atoms with Gasteiger partial charge in [0.1, 0.15) is 0 Å². The van der Waals surface area contributed by atoms with Crippen molar-refractivity contribution in [2.24, 2.45) is 5.92 Å². The second kappa shape index (κ2) is 8.14. The number of allylic oxidation sites excluding steroid dienone is 1. The van der Waals surface area contributed by atoms with Crippen molar-refractivity contribution in [3.05, 3.63) is 11.6 Å². The van der Waals surface area contributed by atoms with Gasteiger partial charge in [-0.25, -0.2) is 0 Å². The first-order valence-corrected chi connectivity index (χ1v) is 9.51. The molecule has 2 aliphatic carbocycles. The molecule has 1 amide bonds. The molecule has 0 aromatic heterocycles. The Hall–Kier alpha value is -0.830. The zero-order valence-corrected chi connectivity index (χ0v) is 14.0. The number of carbonyl (C=O) groups is 1. The number of likely N-dealkylation sites (tertiary alicyclic amines) is 1. The summed E-state index contributed by atoms with van der Waals surface area (Å²) in [5.41, 5.74) is 1.55. The first-order valence-electron chi connectivity index (χ1n) is 9.51. The number of fused-ring (bicyclic) bond motifs is 1. The maximum atomic E-state index is 12.3. The smallest absolute Gasteiger partial charge is 0.234 e. The van der Waals surface area contributed by atoms with Crippen LogP contribution in [0, 0.1) is 5.92 Å². The first-order chi connectivity index (χ1) is 10.8. The molecule has 0 spiro atoms. The van der Waals surface area contributed by atoms with E-state index in [1.165, 1.54) is 64.2 Å². The van der Waals surface area contributed by atoms with Gasteiger partial charge in [-0.3, -0.25) is 9.69 Å². The van der Waals surface area contributed by atoms with Gasteiger partial charge in [0.25, 0.3) is 0 Å². The van der Waals surface area contributed by atoms with Crippen LogP contribution in [0.1, 0.15) is 70.6 Å². The quantitative estimate of drug-likeness (QED) is 0.786. The fourth-order valence-corrected chi connectivity index (χ4v) is 4.66. The van der Waals surface area contributed by atoms with Crippen LogP contribution >= 0.6 is 0 Å². The SMILES string of the molecule is O=C(CN1CCCC2CCCCC21)NCCC1=CCCCC1. The molecule has 1 heterocycles. The van der Waals surface area contributed by atoms with Crippen molar-refractivity contribution in [3.63, 3.8) is 0 Å². The highest BCUT2D eigenvalue weighted by atomic mass is 16.2. The second-order valence-electron chi connectivity index (χ2n) is 7.43. The predicted octanol–water partition coefficient (Wildman–Crippen LogP) is 3.65. The normalized spacial score (nSPS) is 29.5. The highest BCUT2D eigenvalue weighted by molar-refractivity contribution is 5.78. The standard InChI is InChI=1S/C19H32N2O/c22-19(20-13-12-16-7-2-1-3-8-16)15-21-14-6-10-17-9-4-5-11-18(17)21/h7,17-18H,1-6,8-15H2,(H,20,22). The summed E-state index contributed by atoms with van der Waals surface area (Å²) in [5, 5.41) is 3.15. The van der Waals surface area contributed by atoms with Crippen LogP contribution < -0.4 is 5.32 Å². The van der Waals surface area contributed by atoms with Crippen LogP contribution in [0.15, 0.2) is 11.6 Å². The minimum atomic E-state index is 0.239. The van der Waals surface area contributed by atoms with Crippen molar-refractivity contribution in [2.75, 3.05) is 19.6 Å². The van der Waals surface area contributed by atoms with Crippen molar-refractivity contribution < 1.29 is 4.79 Å². The Morgan fingerprint density at radius 1 is 1.14 bits per heavy atom. The van der Waals surface area contributed by atoms with Gasteiger partial charge in [-0.15, -0.1) is 0 Å². The van der Waals surface area contributed by atoms with E-state index in [1.54, 1.807) is 5.57 Å². The second-order valence-corrected chi connectivity index (χ2v) is 7.43. The summed E-state index contributed by atoms with van der Waals surface area (Å²) in [6, 6.07) is 0.689. The van der Waals surface area contributed by atoms with E-state index in [0.717, 1.165) is 25.4 Å². The van der Waals surface area contributed by atoms with Gasteiger partial charge in [0.15, 0.2) is 0 Å². The van der Waals surface area contributed by atoms with Crippen LogP contribution in [-0.2, 0) is 4.79 Å². The molecular weight excluding hydrogens is 272 g/mol. The number of piperidine rings is 1. The summed E-state index contributed by atoms with van der Waals surface area (Å²) < 4.78 is 0. The van der Waals surface area contributed by atoms with Crippen LogP contribution in [0.4, 0.5) is 0 Å². The van der Waals surface area contributed by atoms with Crippen LogP contribution in [0.25, 0.3) is 0 Å². The van der Waals surface area contributed by atoms with Gasteiger partial charge >= 0.3 is 0 Å². The molecule has 1 saturated heterocycles. The third-order valence-electron chi connectivity index (χ3n) is 5.86. The number of nitrogens with zero attached hydrogens (tertiary/aromatic N) is 1. The Morgan fingerprint density at radius 3 is 2.86 bits per heavy atom. The molecule has 0 aromatic rings. The van der Waals surface area contributed by atoms with Crippen LogP contribution in [-0.4, -0.2) is 36.5 Å². The van der Waals surface area contributed by atoms with Gasteiger partial charge in [-0.05, 0) is 70.3 Å². The summed E-state index contributed by atoms with van der Waals surface area (Å²) in [6.07, 6.45) is 16.7. The highest BCUT2D eigenvalue weighted by Gasteiger charge is 2.33. The summed E-state index contributed by atoms with van der Waals surface area (Å²) >= 11 is 0. The van der Waals surface area contributed by atoms with Gasteiger partial charge in [-0.1, -0.05) is 24.5 Å². The van der Waals surface area contributed by atoms with E-state index in [-0.39, 0.29) is 5.91 Å². The maximum absolute atomic E-state index is 12.3. The topological polar surface area (TPSA) is 32.3 Å². The molecule has 22 heavy (non-hydrogen) atoms. The number of hydrogen-bond donors (Lipinski definition) is 1. The fourth-order valence-electron chi connectivity index (χ4n) is 4.66. The van der Waals surface area contributed by atoms with Crippen molar-refractivity contribution in [1.82, 2.24) is 10.2 Å². The monoisotopic (exact) mass is 304 g/mol. The van der Waals surface area contributed by atoms with E-state index < -0.39 is 0 Å². The number of hydrogen-bond acceptors (Lipinski definition) is 2. The van der Waals surface area contributed by atoms with E-state index in [2.05, 4.69) is 16.3 Å². The third kappa shape index (κ3) is 4.34. The molecule has 1 saturated carbocycles. The van der Waals surface area contributed by atoms with E-state index in [0.29, 0.717) is 12.6 Å². The van der Waals surface area contributed by atoms with E-state index in [4.69, 9.17) is 0 Å². The van der Waals surface area contributed by atoms with Crippen molar-refractivity contribution >= 4 is 5.91 Å². The molecule has 3 nitrogen and oxygen atoms in total. The number of rotatable bonds is 5. The molecule has 1 aliphatic heterocycles. The van der Waals surface area contributed by atoms with Crippen LogP contribution in [0.2, 0.25) is 0 Å². The summed E-state index contributed by atoms with van der Waals surface area (Å²) in [4.78, 5) is 14.7. The predicted molar refractivity (Wildman–Crippen MR) is 90.7 cm³/mol. The molecule has 2 unspecified atom stereocenters. The Balaban J connectivity index is 1.40. The highest BCUT2D eigenvalue weighted by Crippen LogP contribution is 2.34. The maximum Gasteiger partial charge on any atom is 0.234 e. The molecule has 0 aromatic carbocycles. The zero-order chi connectivity index (χ0) is 15.2. The van der Waals surface area contributed by atoms with E-state index >= 15 is 0 Å². The lowest BCUT2D eigenvalue weighted by Gasteiger charge is -2.43. The van der Waals surface area contributed by atoms with Crippen molar-refractivity contribution in [2.45, 2.75) is 76.7 Å². The molecule has 1 N–H and O–H groups in total. The summed E-state index contributed by atoms with van der Waals surface area (Å²) in [7, 11) is 0. The van der Waals surface area contributed by atoms with Gasteiger partial charge < -0.3 is 5.32 Å². The Labute approximate surface area is 135 Å². The summed E-state index contributed by atoms with van der Waals surface area (Å²) in [6.45, 7) is 2.58. The van der Waals surface area contributed by atoms with E-state index in [9.17, 15) is 4.79 Å². The van der Waals surface area contributed by atoms with E-state index in [1.807, 2.05) is 0 Å². The third-order valence-corrected chi connectivity index (χ3v) is 5.86. The molecular formula is C19H32N2O. The average molecular weight is 304 g/mol. The lowest BCUT2D eigenvalue weighted by molar-refractivity contribution is -0.123. The molecule has 2 fully saturated rings. The molecule has 0 bridgehead atoms. The average Bonchev–Trinajstić information content (AvgIpc) is 2.56. The number of nitrogens with one attached hydrogen (secondary N) is 1. The Morgan fingerprint density at radius 2 is 2.00 bits per heavy atom.